The van der Waals surface area contributed by atoms with Gasteiger partial charge in [-0.2, -0.15) is 5.10 Å². The number of hydrogen-bond acceptors (Lipinski definition) is 4. The fourth-order valence-corrected chi connectivity index (χ4v) is 1.21. The van der Waals surface area contributed by atoms with Gasteiger partial charge in [0, 0.05) is 24.0 Å². The van der Waals surface area contributed by atoms with Gasteiger partial charge in [-0.1, -0.05) is 11.6 Å². The first kappa shape index (κ1) is 9.73. The van der Waals surface area contributed by atoms with Crippen LogP contribution in [-0.4, -0.2) is 10.2 Å². The van der Waals surface area contributed by atoms with Crippen molar-refractivity contribution in [3.8, 4) is 11.6 Å². The van der Waals surface area contributed by atoms with E-state index in [-0.39, 0.29) is 0 Å². The third kappa shape index (κ3) is 2.35. The van der Waals surface area contributed by atoms with Crippen LogP contribution >= 0.6 is 11.6 Å². The molecular weight excluding hydrogens is 214 g/mol. The summed E-state index contributed by atoms with van der Waals surface area (Å²) in [6.07, 6.45) is 1.56. The number of nitrogen functional groups attached to an aromatic ring is 1. The van der Waals surface area contributed by atoms with Crippen molar-refractivity contribution in [2.24, 2.45) is 0 Å². The summed E-state index contributed by atoms with van der Waals surface area (Å²) in [5.41, 5.74) is 6.19. The molecular formula is C10H8ClN3O. The van der Waals surface area contributed by atoms with Gasteiger partial charge in [-0.05, 0) is 18.2 Å². The Labute approximate surface area is 91.7 Å². The summed E-state index contributed by atoms with van der Waals surface area (Å²) in [7, 11) is 0. The number of benzene rings is 1. The normalized spacial score (nSPS) is 9.93. The molecule has 15 heavy (non-hydrogen) atoms. The summed E-state index contributed by atoms with van der Waals surface area (Å²) in [4.78, 5) is 0. The van der Waals surface area contributed by atoms with Crippen molar-refractivity contribution in [1.29, 1.82) is 0 Å². The Balaban J connectivity index is 2.28. The van der Waals surface area contributed by atoms with Gasteiger partial charge in [0.1, 0.15) is 5.75 Å². The van der Waals surface area contributed by atoms with Gasteiger partial charge in [-0.3, -0.25) is 0 Å². The van der Waals surface area contributed by atoms with E-state index in [9.17, 15) is 0 Å². The molecule has 0 unspecified atom stereocenters. The molecule has 0 saturated carbocycles. The molecule has 2 rings (SSSR count). The van der Waals surface area contributed by atoms with Crippen LogP contribution in [0.3, 0.4) is 0 Å². The topological polar surface area (TPSA) is 61.0 Å². The first-order valence-corrected chi connectivity index (χ1v) is 4.64. The van der Waals surface area contributed by atoms with Crippen LogP contribution in [0.25, 0.3) is 0 Å². The monoisotopic (exact) mass is 221 g/mol. The van der Waals surface area contributed by atoms with Gasteiger partial charge < -0.3 is 10.5 Å². The van der Waals surface area contributed by atoms with E-state index in [4.69, 9.17) is 22.1 Å². The minimum Gasteiger partial charge on any atom is -0.436 e. The van der Waals surface area contributed by atoms with E-state index in [0.29, 0.717) is 22.3 Å². The van der Waals surface area contributed by atoms with Crippen molar-refractivity contribution in [2.75, 3.05) is 5.73 Å². The van der Waals surface area contributed by atoms with Gasteiger partial charge in [0.15, 0.2) is 0 Å². The molecule has 0 atom stereocenters. The van der Waals surface area contributed by atoms with Gasteiger partial charge in [0.2, 0.25) is 5.88 Å². The molecule has 1 heterocycles. The van der Waals surface area contributed by atoms with E-state index in [1.54, 1.807) is 36.5 Å². The number of nitrogens with two attached hydrogens (primary N) is 1. The highest BCUT2D eigenvalue weighted by atomic mass is 35.5. The lowest BCUT2D eigenvalue weighted by Gasteiger charge is -2.06. The SMILES string of the molecule is Nc1ccc(Cl)c(Oc2cccnn2)c1. The summed E-state index contributed by atoms with van der Waals surface area (Å²) >= 11 is 5.92. The number of ether oxygens (including phenoxy) is 1. The quantitative estimate of drug-likeness (QED) is 0.792. The predicted molar refractivity (Wildman–Crippen MR) is 58.0 cm³/mol. The number of rotatable bonds is 2. The van der Waals surface area contributed by atoms with Crippen molar-refractivity contribution in [3.05, 3.63) is 41.6 Å². The average molecular weight is 222 g/mol. The number of nitrogens with zero attached hydrogens (tertiary/aromatic N) is 2. The Bertz CT molecular complexity index is 461. The third-order valence-electron chi connectivity index (χ3n) is 1.72. The number of hydrogen-bond donors (Lipinski definition) is 1. The molecule has 0 aliphatic rings. The van der Waals surface area contributed by atoms with Crippen LogP contribution < -0.4 is 10.5 Å². The van der Waals surface area contributed by atoms with Crippen LogP contribution in [0.15, 0.2) is 36.5 Å². The molecule has 2 aromatic rings. The molecule has 4 nitrogen and oxygen atoms in total. The average Bonchev–Trinajstić information content (AvgIpc) is 2.25. The van der Waals surface area contributed by atoms with Gasteiger partial charge in [0.25, 0.3) is 0 Å². The highest BCUT2D eigenvalue weighted by Crippen LogP contribution is 2.29. The molecule has 0 aliphatic carbocycles. The molecule has 0 aliphatic heterocycles. The zero-order chi connectivity index (χ0) is 10.7. The summed E-state index contributed by atoms with van der Waals surface area (Å²) < 4.78 is 5.40. The van der Waals surface area contributed by atoms with Crippen LogP contribution in [0.1, 0.15) is 0 Å². The maximum absolute atomic E-state index is 5.92. The van der Waals surface area contributed by atoms with E-state index in [1.807, 2.05) is 0 Å². The fourth-order valence-electron chi connectivity index (χ4n) is 1.05. The highest BCUT2D eigenvalue weighted by Gasteiger charge is 2.04. The van der Waals surface area contributed by atoms with Crippen LogP contribution in [-0.2, 0) is 0 Å². The zero-order valence-electron chi connectivity index (χ0n) is 7.72. The summed E-state index contributed by atoms with van der Waals surface area (Å²) in [6.45, 7) is 0. The van der Waals surface area contributed by atoms with Gasteiger partial charge in [-0.15, -0.1) is 5.10 Å². The number of aromatic nitrogens is 2. The summed E-state index contributed by atoms with van der Waals surface area (Å²) in [5, 5.41) is 7.94. The molecule has 0 spiro atoms. The van der Waals surface area contributed by atoms with Crippen molar-refractivity contribution >= 4 is 17.3 Å². The molecule has 1 aromatic heterocycles. The maximum atomic E-state index is 5.92. The van der Waals surface area contributed by atoms with Crippen LogP contribution in [0.5, 0.6) is 11.6 Å². The van der Waals surface area contributed by atoms with Crippen molar-refractivity contribution < 1.29 is 4.74 Å². The first-order chi connectivity index (χ1) is 7.25. The van der Waals surface area contributed by atoms with E-state index < -0.39 is 0 Å². The largest absolute Gasteiger partial charge is 0.436 e. The van der Waals surface area contributed by atoms with E-state index >= 15 is 0 Å². The lowest BCUT2D eigenvalue weighted by atomic mass is 10.3. The molecule has 5 heteroatoms. The molecule has 0 radical (unpaired) electrons. The standard InChI is InChI=1S/C10H8ClN3O/c11-8-4-3-7(12)6-9(8)15-10-2-1-5-13-14-10/h1-6H,12H2. The Morgan fingerprint density at radius 1 is 1.27 bits per heavy atom. The van der Waals surface area contributed by atoms with Crippen LogP contribution in [0, 0.1) is 0 Å². The van der Waals surface area contributed by atoms with Gasteiger partial charge >= 0.3 is 0 Å². The second-order valence-corrected chi connectivity index (χ2v) is 3.26. The van der Waals surface area contributed by atoms with Crippen molar-refractivity contribution in [1.82, 2.24) is 10.2 Å². The molecule has 0 fully saturated rings. The minimum absolute atomic E-state index is 0.380. The van der Waals surface area contributed by atoms with Crippen LogP contribution in [0.2, 0.25) is 5.02 Å². The molecule has 0 saturated heterocycles. The maximum Gasteiger partial charge on any atom is 0.238 e. The molecule has 0 bridgehead atoms. The second-order valence-electron chi connectivity index (χ2n) is 2.85. The van der Waals surface area contributed by atoms with E-state index in [2.05, 4.69) is 10.2 Å². The van der Waals surface area contributed by atoms with Crippen LogP contribution in [0.4, 0.5) is 5.69 Å². The minimum atomic E-state index is 0.380. The third-order valence-corrected chi connectivity index (χ3v) is 2.03. The molecule has 0 amide bonds. The van der Waals surface area contributed by atoms with Crippen molar-refractivity contribution in [2.45, 2.75) is 0 Å². The predicted octanol–water partition coefficient (Wildman–Crippen LogP) is 2.50. The fraction of sp³-hybridized carbons (Fsp3) is 0. The Morgan fingerprint density at radius 2 is 2.13 bits per heavy atom. The smallest absolute Gasteiger partial charge is 0.238 e. The van der Waals surface area contributed by atoms with Crippen molar-refractivity contribution in [3.63, 3.8) is 0 Å². The summed E-state index contributed by atoms with van der Waals surface area (Å²) in [5.74, 6) is 0.849. The zero-order valence-corrected chi connectivity index (χ0v) is 8.48. The molecule has 1 aromatic carbocycles. The van der Waals surface area contributed by atoms with Gasteiger partial charge in [-0.25, -0.2) is 0 Å². The van der Waals surface area contributed by atoms with E-state index in [0.717, 1.165) is 0 Å². The van der Waals surface area contributed by atoms with Gasteiger partial charge in [0.05, 0.1) is 5.02 Å². The summed E-state index contributed by atoms with van der Waals surface area (Å²) in [6, 6.07) is 8.42. The Hall–Kier alpha value is -1.81. The molecule has 2 N–H and O–H groups in total. The lowest BCUT2D eigenvalue weighted by Crippen LogP contribution is -1.91. The molecule has 76 valence electrons. The second kappa shape index (κ2) is 4.14. The highest BCUT2D eigenvalue weighted by molar-refractivity contribution is 6.32. The Morgan fingerprint density at radius 3 is 2.87 bits per heavy atom. The lowest BCUT2D eigenvalue weighted by molar-refractivity contribution is 0.455. The Kier molecular flexibility index (Phi) is 2.69. The van der Waals surface area contributed by atoms with E-state index in [1.165, 1.54) is 0 Å². The number of halogens is 1. The first-order valence-electron chi connectivity index (χ1n) is 4.26. The number of anilines is 1.